The molecule has 0 saturated heterocycles. The van der Waals surface area contributed by atoms with Crippen LogP contribution in [0.4, 0.5) is 0 Å². The number of carbonyl (C=O) groups excluding carboxylic acids is 1. The van der Waals surface area contributed by atoms with Crippen LogP contribution in [0.15, 0.2) is 53.1 Å². The molecule has 1 aromatic carbocycles. The second-order valence-electron chi connectivity index (χ2n) is 4.52. The molecule has 100 valence electrons. The van der Waals surface area contributed by atoms with Gasteiger partial charge in [0.25, 0.3) is 0 Å². The molecule has 0 radical (unpaired) electrons. The summed E-state index contributed by atoms with van der Waals surface area (Å²) in [5, 5.41) is 2.82. The van der Waals surface area contributed by atoms with Gasteiger partial charge in [-0.05, 0) is 17.7 Å². The van der Waals surface area contributed by atoms with Crippen LogP contribution in [0.2, 0.25) is 0 Å². The van der Waals surface area contributed by atoms with Crippen molar-refractivity contribution in [1.82, 2.24) is 5.32 Å². The molecule has 0 fully saturated rings. The molecular formula is C15H18N2O2. The van der Waals surface area contributed by atoms with E-state index in [-0.39, 0.29) is 17.9 Å². The van der Waals surface area contributed by atoms with Crippen LogP contribution in [0.3, 0.4) is 0 Å². The number of furan rings is 1. The molecule has 2 aromatic rings. The smallest absolute Gasteiger partial charge is 0.225 e. The molecule has 0 bridgehead atoms. The zero-order chi connectivity index (χ0) is 13.7. The summed E-state index contributed by atoms with van der Waals surface area (Å²) in [4.78, 5) is 12.0. The second kappa shape index (κ2) is 6.20. The lowest BCUT2D eigenvalue weighted by atomic mass is 9.95. The Labute approximate surface area is 112 Å². The first-order chi connectivity index (χ1) is 9.18. The number of nitrogens with one attached hydrogen (secondary N) is 1. The highest BCUT2D eigenvalue weighted by Gasteiger charge is 2.21. The molecule has 19 heavy (non-hydrogen) atoms. The van der Waals surface area contributed by atoms with Gasteiger partial charge in [-0.25, -0.2) is 0 Å². The molecule has 2 rings (SSSR count). The van der Waals surface area contributed by atoms with E-state index in [1.807, 2.05) is 43.3 Å². The molecule has 1 aromatic heterocycles. The largest absolute Gasteiger partial charge is 0.467 e. The monoisotopic (exact) mass is 258 g/mol. The van der Waals surface area contributed by atoms with E-state index >= 15 is 0 Å². The Morgan fingerprint density at radius 2 is 2.00 bits per heavy atom. The van der Waals surface area contributed by atoms with Crippen LogP contribution < -0.4 is 11.1 Å². The topological polar surface area (TPSA) is 68.3 Å². The number of nitrogens with two attached hydrogens (primary N) is 1. The van der Waals surface area contributed by atoms with E-state index in [4.69, 9.17) is 10.2 Å². The summed E-state index contributed by atoms with van der Waals surface area (Å²) in [6.07, 6.45) is 1.58. The molecular weight excluding hydrogens is 240 g/mol. The standard InChI is InChI=1S/C15H18N2O2/c1-11(14(16)12-6-3-2-4-7-12)15(18)17-10-13-8-5-9-19-13/h2-9,11,14H,10,16H2,1H3,(H,17,18). The molecule has 2 atom stereocenters. The van der Waals surface area contributed by atoms with E-state index in [1.54, 1.807) is 12.3 Å². The normalized spacial score (nSPS) is 13.8. The van der Waals surface area contributed by atoms with Gasteiger partial charge in [0.15, 0.2) is 0 Å². The quantitative estimate of drug-likeness (QED) is 0.864. The predicted molar refractivity (Wildman–Crippen MR) is 73.1 cm³/mol. The molecule has 0 aliphatic carbocycles. The van der Waals surface area contributed by atoms with Crippen molar-refractivity contribution in [3.8, 4) is 0 Å². The minimum absolute atomic E-state index is 0.0762. The Kier molecular flexibility index (Phi) is 4.36. The summed E-state index contributed by atoms with van der Waals surface area (Å²) in [6.45, 7) is 2.22. The van der Waals surface area contributed by atoms with Crippen LogP contribution in [0.5, 0.6) is 0 Å². The van der Waals surface area contributed by atoms with Crippen molar-refractivity contribution < 1.29 is 9.21 Å². The number of carbonyl (C=O) groups is 1. The molecule has 4 heteroatoms. The SMILES string of the molecule is CC(C(=O)NCc1ccco1)C(N)c1ccccc1. The van der Waals surface area contributed by atoms with Crippen molar-refractivity contribution in [1.29, 1.82) is 0 Å². The third kappa shape index (κ3) is 3.45. The number of benzene rings is 1. The first-order valence-electron chi connectivity index (χ1n) is 6.29. The summed E-state index contributed by atoms with van der Waals surface area (Å²) in [6, 6.07) is 12.9. The first-order valence-corrected chi connectivity index (χ1v) is 6.29. The summed E-state index contributed by atoms with van der Waals surface area (Å²) in [5.41, 5.74) is 7.07. The average molecular weight is 258 g/mol. The zero-order valence-corrected chi connectivity index (χ0v) is 10.9. The maximum Gasteiger partial charge on any atom is 0.225 e. The van der Waals surface area contributed by atoms with Gasteiger partial charge in [0.1, 0.15) is 5.76 Å². The Morgan fingerprint density at radius 3 is 2.63 bits per heavy atom. The lowest BCUT2D eigenvalue weighted by Crippen LogP contribution is -2.35. The lowest BCUT2D eigenvalue weighted by Gasteiger charge is -2.19. The highest BCUT2D eigenvalue weighted by atomic mass is 16.3. The molecule has 0 aliphatic rings. The minimum atomic E-state index is -0.308. The van der Waals surface area contributed by atoms with E-state index in [9.17, 15) is 4.79 Å². The third-order valence-electron chi connectivity index (χ3n) is 3.15. The molecule has 0 aliphatic heterocycles. The van der Waals surface area contributed by atoms with Gasteiger partial charge in [-0.3, -0.25) is 4.79 Å². The van der Waals surface area contributed by atoms with Gasteiger partial charge in [-0.2, -0.15) is 0 Å². The third-order valence-corrected chi connectivity index (χ3v) is 3.15. The average Bonchev–Trinajstić information content (AvgIpc) is 2.97. The molecule has 0 spiro atoms. The maximum absolute atomic E-state index is 12.0. The summed E-state index contributed by atoms with van der Waals surface area (Å²) < 4.78 is 5.16. The van der Waals surface area contributed by atoms with E-state index < -0.39 is 0 Å². The van der Waals surface area contributed by atoms with Gasteiger partial charge >= 0.3 is 0 Å². The fourth-order valence-corrected chi connectivity index (χ4v) is 1.88. The van der Waals surface area contributed by atoms with Gasteiger partial charge in [-0.15, -0.1) is 0 Å². The van der Waals surface area contributed by atoms with E-state index in [0.29, 0.717) is 6.54 Å². The molecule has 4 nitrogen and oxygen atoms in total. The van der Waals surface area contributed by atoms with Gasteiger partial charge in [0.05, 0.1) is 18.7 Å². The van der Waals surface area contributed by atoms with Crippen LogP contribution >= 0.6 is 0 Å². The van der Waals surface area contributed by atoms with Crippen molar-refractivity contribution in [2.45, 2.75) is 19.5 Å². The second-order valence-corrected chi connectivity index (χ2v) is 4.52. The molecule has 1 heterocycles. The van der Waals surface area contributed by atoms with Crippen molar-refractivity contribution in [2.75, 3.05) is 0 Å². The van der Waals surface area contributed by atoms with Crippen LogP contribution in [0.25, 0.3) is 0 Å². The van der Waals surface area contributed by atoms with E-state index in [1.165, 1.54) is 0 Å². The summed E-state index contributed by atoms with van der Waals surface area (Å²) in [5.74, 6) is 0.360. The van der Waals surface area contributed by atoms with Crippen molar-refractivity contribution in [3.05, 3.63) is 60.1 Å². The Morgan fingerprint density at radius 1 is 1.26 bits per heavy atom. The molecule has 2 unspecified atom stereocenters. The van der Waals surface area contributed by atoms with E-state index in [0.717, 1.165) is 11.3 Å². The van der Waals surface area contributed by atoms with Crippen LogP contribution in [-0.2, 0) is 11.3 Å². The van der Waals surface area contributed by atoms with Crippen LogP contribution in [-0.4, -0.2) is 5.91 Å². The minimum Gasteiger partial charge on any atom is -0.467 e. The van der Waals surface area contributed by atoms with Crippen molar-refractivity contribution in [2.24, 2.45) is 11.7 Å². The number of hydrogen-bond donors (Lipinski definition) is 2. The van der Waals surface area contributed by atoms with E-state index in [2.05, 4.69) is 5.32 Å². The van der Waals surface area contributed by atoms with Crippen LogP contribution in [0.1, 0.15) is 24.3 Å². The maximum atomic E-state index is 12.0. The fraction of sp³-hybridized carbons (Fsp3) is 0.267. The Bertz CT molecular complexity index is 508. The fourth-order valence-electron chi connectivity index (χ4n) is 1.88. The number of hydrogen-bond acceptors (Lipinski definition) is 3. The highest BCUT2D eigenvalue weighted by Crippen LogP contribution is 2.19. The van der Waals surface area contributed by atoms with Gasteiger partial charge < -0.3 is 15.5 Å². The van der Waals surface area contributed by atoms with Crippen molar-refractivity contribution >= 4 is 5.91 Å². The molecule has 0 saturated carbocycles. The number of rotatable bonds is 5. The van der Waals surface area contributed by atoms with Crippen molar-refractivity contribution in [3.63, 3.8) is 0 Å². The molecule has 3 N–H and O–H groups in total. The molecule has 1 amide bonds. The van der Waals surface area contributed by atoms with Gasteiger partial charge in [0, 0.05) is 6.04 Å². The first kappa shape index (κ1) is 13.4. The number of amides is 1. The summed E-state index contributed by atoms with van der Waals surface area (Å²) in [7, 11) is 0. The Hall–Kier alpha value is -2.07. The van der Waals surface area contributed by atoms with Crippen LogP contribution in [0, 0.1) is 5.92 Å². The predicted octanol–water partition coefficient (Wildman–Crippen LogP) is 2.23. The lowest BCUT2D eigenvalue weighted by molar-refractivity contribution is -0.125. The summed E-state index contributed by atoms with van der Waals surface area (Å²) >= 11 is 0. The van der Waals surface area contributed by atoms with Gasteiger partial charge in [0.2, 0.25) is 5.91 Å². The Balaban J connectivity index is 1.91. The zero-order valence-electron chi connectivity index (χ0n) is 10.9. The van der Waals surface area contributed by atoms with Gasteiger partial charge in [-0.1, -0.05) is 37.3 Å². The highest BCUT2D eigenvalue weighted by molar-refractivity contribution is 5.79.